The number of aliphatic hydroxyl groups excluding tert-OH is 1. The quantitative estimate of drug-likeness (QED) is 0.891. The number of nitrogens with zero attached hydrogens (tertiary/aromatic N) is 4. The molecule has 1 aliphatic carbocycles. The Morgan fingerprint density at radius 2 is 2.26 bits per heavy atom. The third-order valence-electron chi connectivity index (χ3n) is 3.58. The first-order chi connectivity index (χ1) is 9.20. The SMILES string of the molecule is CC(C)c1cc2c(N(CCO)C3CC3)nccn2n1. The Hall–Kier alpha value is -1.62. The smallest absolute Gasteiger partial charge is 0.155 e. The van der Waals surface area contributed by atoms with E-state index in [1.54, 1.807) is 6.20 Å². The molecular formula is C14H20N4O. The highest BCUT2D eigenvalue weighted by Gasteiger charge is 2.31. The van der Waals surface area contributed by atoms with Crippen LogP contribution in [0.3, 0.4) is 0 Å². The molecule has 2 aromatic rings. The van der Waals surface area contributed by atoms with Crippen LogP contribution in [-0.2, 0) is 0 Å². The normalized spacial score (nSPS) is 15.4. The number of fused-ring (bicyclic) bond motifs is 1. The zero-order valence-electron chi connectivity index (χ0n) is 11.5. The first-order valence-corrected chi connectivity index (χ1v) is 6.92. The molecule has 0 aromatic carbocycles. The maximum Gasteiger partial charge on any atom is 0.155 e. The molecule has 0 bridgehead atoms. The van der Waals surface area contributed by atoms with Crippen molar-refractivity contribution in [3.05, 3.63) is 24.2 Å². The lowest BCUT2D eigenvalue weighted by atomic mass is 10.1. The van der Waals surface area contributed by atoms with Gasteiger partial charge < -0.3 is 10.0 Å². The van der Waals surface area contributed by atoms with Gasteiger partial charge >= 0.3 is 0 Å². The highest BCUT2D eigenvalue weighted by molar-refractivity contribution is 5.70. The first-order valence-electron chi connectivity index (χ1n) is 6.92. The number of hydrogen-bond donors (Lipinski definition) is 1. The molecule has 102 valence electrons. The van der Waals surface area contributed by atoms with Crippen molar-refractivity contribution in [2.24, 2.45) is 0 Å². The van der Waals surface area contributed by atoms with E-state index >= 15 is 0 Å². The van der Waals surface area contributed by atoms with Crippen molar-refractivity contribution >= 4 is 11.3 Å². The van der Waals surface area contributed by atoms with E-state index in [-0.39, 0.29) is 6.61 Å². The minimum absolute atomic E-state index is 0.157. The van der Waals surface area contributed by atoms with Crippen LogP contribution >= 0.6 is 0 Å². The average Bonchev–Trinajstić information content (AvgIpc) is 3.13. The Labute approximate surface area is 112 Å². The van der Waals surface area contributed by atoms with E-state index in [2.05, 4.69) is 34.9 Å². The summed E-state index contributed by atoms with van der Waals surface area (Å²) in [5.74, 6) is 1.35. The molecule has 1 saturated carbocycles. The Kier molecular flexibility index (Phi) is 3.14. The first kappa shape index (κ1) is 12.4. The minimum Gasteiger partial charge on any atom is -0.395 e. The van der Waals surface area contributed by atoms with E-state index in [0.29, 0.717) is 18.5 Å². The second kappa shape index (κ2) is 4.81. The average molecular weight is 260 g/mol. The predicted molar refractivity (Wildman–Crippen MR) is 74.5 cm³/mol. The molecule has 0 radical (unpaired) electrons. The number of rotatable bonds is 5. The van der Waals surface area contributed by atoms with Crippen molar-refractivity contribution in [1.82, 2.24) is 14.6 Å². The highest BCUT2D eigenvalue weighted by atomic mass is 16.3. The maximum absolute atomic E-state index is 9.25. The molecular weight excluding hydrogens is 240 g/mol. The summed E-state index contributed by atoms with van der Waals surface area (Å²) in [5.41, 5.74) is 2.11. The van der Waals surface area contributed by atoms with Gasteiger partial charge in [-0.1, -0.05) is 13.8 Å². The molecule has 1 aliphatic rings. The summed E-state index contributed by atoms with van der Waals surface area (Å²) in [6.45, 7) is 5.08. The maximum atomic E-state index is 9.25. The minimum atomic E-state index is 0.157. The zero-order valence-corrected chi connectivity index (χ0v) is 11.5. The highest BCUT2D eigenvalue weighted by Crippen LogP contribution is 2.33. The van der Waals surface area contributed by atoms with Crippen LogP contribution in [-0.4, -0.2) is 38.9 Å². The summed E-state index contributed by atoms with van der Waals surface area (Å²) in [6.07, 6.45) is 6.04. The van der Waals surface area contributed by atoms with E-state index in [1.807, 2.05) is 10.7 Å². The summed E-state index contributed by atoms with van der Waals surface area (Å²) in [7, 11) is 0. The summed E-state index contributed by atoms with van der Waals surface area (Å²) in [5, 5.41) is 13.8. The lowest BCUT2D eigenvalue weighted by Crippen LogP contribution is -2.30. The lowest BCUT2D eigenvalue weighted by Gasteiger charge is -2.22. The fourth-order valence-corrected chi connectivity index (χ4v) is 2.39. The third-order valence-corrected chi connectivity index (χ3v) is 3.58. The molecule has 0 spiro atoms. The fourth-order valence-electron chi connectivity index (χ4n) is 2.39. The van der Waals surface area contributed by atoms with Crippen LogP contribution in [0.2, 0.25) is 0 Å². The van der Waals surface area contributed by atoms with Crippen LogP contribution in [0.5, 0.6) is 0 Å². The molecule has 3 rings (SSSR count). The van der Waals surface area contributed by atoms with Gasteiger partial charge in [0.2, 0.25) is 0 Å². The molecule has 2 heterocycles. The largest absolute Gasteiger partial charge is 0.395 e. The van der Waals surface area contributed by atoms with E-state index < -0.39 is 0 Å². The summed E-state index contributed by atoms with van der Waals surface area (Å²) in [6, 6.07) is 2.64. The second-order valence-corrected chi connectivity index (χ2v) is 5.45. The lowest BCUT2D eigenvalue weighted by molar-refractivity contribution is 0.301. The molecule has 5 heteroatoms. The van der Waals surface area contributed by atoms with Gasteiger partial charge in [-0.2, -0.15) is 5.10 Å². The number of anilines is 1. The van der Waals surface area contributed by atoms with Gasteiger partial charge in [-0.15, -0.1) is 0 Å². The standard InChI is InChI=1S/C14H20N4O/c1-10(2)12-9-13-14(15-5-6-18(13)16-12)17(7-8-19)11-3-4-11/h5-6,9-11,19H,3-4,7-8H2,1-2H3. The van der Waals surface area contributed by atoms with Gasteiger partial charge in [0.15, 0.2) is 5.82 Å². The third kappa shape index (κ3) is 2.30. The van der Waals surface area contributed by atoms with Gasteiger partial charge in [0.25, 0.3) is 0 Å². The second-order valence-electron chi connectivity index (χ2n) is 5.45. The molecule has 0 amide bonds. The monoisotopic (exact) mass is 260 g/mol. The summed E-state index contributed by atoms with van der Waals surface area (Å²) >= 11 is 0. The number of aromatic nitrogens is 3. The molecule has 0 saturated heterocycles. The van der Waals surface area contributed by atoms with Crippen LogP contribution in [0.1, 0.15) is 38.3 Å². The van der Waals surface area contributed by atoms with Crippen LogP contribution in [0.25, 0.3) is 5.52 Å². The van der Waals surface area contributed by atoms with E-state index in [0.717, 1.165) is 17.0 Å². The fraction of sp³-hybridized carbons (Fsp3) is 0.571. The predicted octanol–water partition coefficient (Wildman–Crippen LogP) is 1.81. The summed E-state index contributed by atoms with van der Waals surface area (Å²) in [4.78, 5) is 6.72. The number of hydrogen-bond acceptors (Lipinski definition) is 4. The molecule has 0 unspecified atom stereocenters. The van der Waals surface area contributed by atoms with Gasteiger partial charge in [0, 0.05) is 25.0 Å². The van der Waals surface area contributed by atoms with E-state index in [1.165, 1.54) is 12.8 Å². The molecule has 19 heavy (non-hydrogen) atoms. The van der Waals surface area contributed by atoms with Crippen molar-refractivity contribution in [2.75, 3.05) is 18.1 Å². The summed E-state index contributed by atoms with van der Waals surface area (Å²) < 4.78 is 1.89. The van der Waals surface area contributed by atoms with E-state index in [4.69, 9.17) is 0 Å². The molecule has 0 atom stereocenters. The number of aliphatic hydroxyl groups is 1. The van der Waals surface area contributed by atoms with Gasteiger partial charge in [-0.25, -0.2) is 9.50 Å². The van der Waals surface area contributed by atoms with Crippen molar-refractivity contribution in [1.29, 1.82) is 0 Å². The Morgan fingerprint density at radius 1 is 1.47 bits per heavy atom. The van der Waals surface area contributed by atoms with Crippen LogP contribution in [0, 0.1) is 0 Å². The van der Waals surface area contributed by atoms with E-state index in [9.17, 15) is 5.11 Å². The molecule has 0 aliphatic heterocycles. The van der Waals surface area contributed by atoms with Crippen LogP contribution in [0.15, 0.2) is 18.5 Å². The van der Waals surface area contributed by atoms with Crippen molar-refractivity contribution in [3.63, 3.8) is 0 Å². The van der Waals surface area contributed by atoms with Crippen molar-refractivity contribution in [2.45, 2.75) is 38.6 Å². The van der Waals surface area contributed by atoms with Crippen molar-refractivity contribution < 1.29 is 5.11 Å². The Bertz CT molecular complexity index is 574. The van der Waals surface area contributed by atoms with Gasteiger partial charge in [0.05, 0.1) is 12.3 Å². The van der Waals surface area contributed by atoms with Crippen LogP contribution < -0.4 is 4.90 Å². The Balaban J connectivity index is 2.06. The zero-order chi connectivity index (χ0) is 13.4. The van der Waals surface area contributed by atoms with Gasteiger partial charge in [0.1, 0.15) is 5.52 Å². The molecule has 1 fully saturated rings. The van der Waals surface area contributed by atoms with Gasteiger partial charge in [-0.05, 0) is 24.8 Å². The Morgan fingerprint density at radius 3 is 2.89 bits per heavy atom. The molecule has 1 N–H and O–H groups in total. The van der Waals surface area contributed by atoms with Crippen molar-refractivity contribution in [3.8, 4) is 0 Å². The van der Waals surface area contributed by atoms with Gasteiger partial charge in [-0.3, -0.25) is 0 Å². The molecule has 2 aromatic heterocycles. The topological polar surface area (TPSA) is 53.7 Å². The molecule has 5 nitrogen and oxygen atoms in total. The van der Waals surface area contributed by atoms with Crippen LogP contribution in [0.4, 0.5) is 5.82 Å².